The van der Waals surface area contributed by atoms with Gasteiger partial charge in [-0.25, -0.2) is 8.78 Å². The molecule has 0 spiro atoms. The van der Waals surface area contributed by atoms with Crippen molar-refractivity contribution in [3.63, 3.8) is 0 Å². The Morgan fingerprint density at radius 2 is 1.40 bits per heavy atom. The van der Waals surface area contributed by atoms with E-state index in [1.54, 1.807) is 24.3 Å². The van der Waals surface area contributed by atoms with Crippen molar-refractivity contribution in [2.75, 3.05) is 33.2 Å². The number of hydrogen-bond donors (Lipinski definition) is 2. The van der Waals surface area contributed by atoms with E-state index in [0.29, 0.717) is 33.4 Å². The van der Waals surface area contributed by atoms with Crippen molar-refractivity contribution in [2.45, 2.75) is 18.7 Å². The van der Waals surface area contributed by atoms with Crippen LogP contribution in [0.1, 0.15) is 25.0 Å². The van der Waals surface area contributed by atoms with Crippen molar-refractivity contribution >= 4 is 29.8 Å². The summed E-state index contributed by atoms with van der Waals surface area (Å²) >= 11 is 1.05. The molecule has 2 N–H and O–H groups in total. The molecule has 0 saturated carbocycles. The number of halogens is 2. The van der Waals surface area contributed by atoms with Gasteiger partial charge in [-0.05, 0) is 60.0 Å². The summed E-state index contributed by atoms with van der Waals surface area (Å²) in [6.07, 6.45) is 3.63. The lowest BCUT2D eigenvalue weighted by molar-refractivity contribution is 0.324. The molecule has 6 nitrogen and oxygen atoms in total. The van der Waals surface area contributed by atoms with E-state index in [-0.39, 0.29) is 11.5 Å². The lowest BCUT2D eigenvalue weighted by Crippen LogP contribution is -1.97. The molecule has 0 radical (unpaired) electrons. The van der Waals surface area contributed by atoms with E-state index in [0.717, 1.165) is 29.6 Å². The summed E-state index contributed by atoms with van der Waals surface area (Å²) in [5.74, 6) is -0.254. The zero-order valence-electron chi connectivity index (χ0n) is 20.4. The van der Waals surface area contributed by atoms with E-state index in [2.05, 4.69) is 4.72 Å². The minimum absolute atomic E-state index is 0.0733. The Morgan fingerprint density at radius 1 is 0.771 bits per heavy atom. The summed E-state index contributed by atoms with van der Waals surface area (Å²) in [6, 6.07) is 10.3. The van der Waals surface area contributed by atoms with Crippen LogP contribution >= 0.6 is 11.9 Å². The molecule has 0 aliphatic rings. The fraction of sp³-hybridized carbons (Fsp3) is 0.231. The standard InChI is InChI=1S/C24H23F2NO5S.C2H6/c1-29-20-11-14(12-21(30-2)24(20)32-4)5-6-15-7-10-19(28)23(31-3)22(15)27-33-16-8-9-17(25)18(26)13-16;1-2/h5-13,27-28H,1-4H3;1-2H3/b6-5-;. The number of anilines is 1. The number of methoxy groups -OCH3 is 4. The molecule has 188 valence electrons. The molecule has 0 atom stereocenters. The predicted molar refractivity (Wildman–Crippen MR) is 137 cm³/mol. The molecule has 3 aromatic carbocycles. The summed E-state index contributed by atoms with van der Waals surface area (Å²) in [4.78, 5) is 0.443. The number of nitrogens with one attached hydrogen (secondary N) is 1. The van der Waals surface area contributed by atoms with Crippen LogP contribution in [0, 0.1) is 11.6 Å². The molecule has 0 heterocycles. The second-order valence-corrected chi connectivity index (χ2v) is 7.53. The van der Waals surface area contributed by atoms with Crippen molar-refractivity contribution in [3.8, 4) is 28.7 Å². The van der Waals surface area contributed by atoms with Crippen LogP contribution in [0.5, 0.6) is 28.7 Å². The first-order valence-electron chi connectivity index (χ1n) is 10.7. The Morgan fingerprint density at radius 3 is 1.94 bits per heavy atom. The van der Waals surface area contributed by atoms with Crippen LogP contribution in [-0.2, 0) is 0 Å². The van der Waals surface area contributed by atoms with Crippen LogP contribution in [0.25, 0.3) is 12.2 Å². The van der Waals surface area contributed by atoms with Gasteiger partial charge >= 0.3 is 0 Å². The molecule has 0 amide bonds. The van der Waals surface area contributed by atoms with Gasteiger partial charge in [0.05, 0.1) is 34.1 Å². The number of phenolic OH excluding ortho intramolecular Hbond substituents is 1. The summed E-state index contributed by atoms with van der Waals surface area (Å²) in [7, 11) is 6.02. The number of aromatic hydroxyl groups is 1. The van der Waals surface area contributed by atoms with Crippen molar-refractivity contribution in [2.24, 2.45) is 0 Å². The molecule has 9 heteroatoms. The Hall–Kier alpha value is -3.59. The Balaban J connectivity index is 0.00000210. The highest BCUT2D eigenvalue weighted by Gasteiger charge is 2.15. The maximum absolute atomic E-state index is 13.6. The number of hydrogen-bond acceptors (Lipinski definition) is 7. The van der Waals surface area contributed by atoms with E-state index in [1.165, 1.54) is 40.6 Å². The van der Waals surface area contributed by atoms with Crippen LogP contribution in [0.2, 0.25) is 0 Å². The van der Waals surface area contributed by atoms with Gasteiger partial charge in [0, 0.05) is 10.5 Å². The molecule has 0 unspecified atom stereocenters. The van der Waals surface area contributed by atoms with E-state index in [1.807, 2.05) is 19.9 Å². The molecule has 0 aliphatic carbocycles. The van der Waals surface area contributed by atoms with Crippen LogP contribution in [0.4, 0.5) is 14.5 Å². The van der Waals surface area contributed by atoms with Crippen LogP contribution in [0.15, 0.2) is 47.4 Å². The smallest absolute Gasteiger partial charge is 0.203 e. The largest absolute Gasteiger partial charge is 0.504 e. The molecule has 35 heavy (non-hydrogen) atoms. The Bertz CT molecular complexity index is 1150. The second kappa shape index (κ2) is 13.3. The Kier molecular flexibility index (Phi) is 10.5. The van der Waals surface area contributed by atoms with Gasteiger partial charge in [-0.1, -0.05) is 26.0 Å². The second-order valence-electron chi connectivity index (χ2n) is 6.65. The highest BCUT2D eigenvalue weighted by atomic mass is 32.2. The van der Waals surface area contributed by atoms with Crippen LogP contribution in [0.3, 0.4) is 0 Å². The lowest BCUT2D eigenvalue weighted by Gasteiger charge is -2.15. The maximum atomic E-state index is 13.6. The summed E-state index contributed by atoms with van der Waals surface area (Å²) in [5.41, 5.74) is 1.90. The van der Waals surface area contributed by atoms with Gasteiger partial charge in [-0.2, -0.15) is 0 Å². The van der Waals surface area contributed by atoms with E-state index in [9.17, 15) is 13.9 Å². The van der Waals surface area contributed by atoms with Crippen molar-refractivity contribution in [1.29, 1.82) is 0 Å². The molecular formula is C26H29F2NO5S. The Labute approximate surface area is 208 Å². The summed E-state index contributed by atoms with van der Waals surface area (Å²) in [6.45, 7) is 4.00. The molecule has 3 aromatic rings. The fourth-order valence-electron chi connectivity index (χ4n) is 3.07. The van der Waals surface area contributed by atoms with E-state index < -0.39 is 11.6 Å². The molecule has 0 saturated heterocycles. The molecule has 0 fully saturated rings. The van der Waals surface area contributed by atoms with Gasteiger partial charge in [0.25, 0.3) is 0 Å². The number of benzene rings is 3. The van der Waals surface area contributed by atoms with Gasteiger partial charge in [0.2, 0.25) is 5.75 Å². The number of phenols is 1. The highest BCUT2D eigenvalue weighted by Crippen LogP contribution is 2.41. The molecule has 0 aliphatic heterocycles. The molecule has 0 bridgehead atoms. The third-order valence-electron chi connectivity index (χ3n) is 4.68. The monoisotopic (exact) mass is 505 g/mol. The first kappa shape index (κ1) is 27.7. The summed E-state index contributed by atoms with van der Waals surface area (Å²) < 4.78 is 51.3. The van der Waals surface area contributed by atoms with Crippen molar-refractivity contribution in [1.82, 2.24) is 0 Å². The van der Waals surface area contributed by atoms with Gasteiger partial charge in [0.15, 0.2) is 34.6 Å². The van der Waals surface area contributed by atoms with E-state index in [4.69, 9.17) is 18.9 Å². The topological polar surface area (TPSA) is 69.2 Å². The molecule has 3 rings (SSSR count). The van der Waals surface area contributed by atoms with Crippen molar-refractivity contribution in [3.05, 3.63) is 65.2 Å². The average molecular weight is 506 g/mol. The van der Waals surface area contributed by atoms with E-state index >= 15 is 0 Å². The first-order chi connectivity index (χ1) is 16.9. The zero-order chi connectivity index (χ0) is 26.0. The van der Waals surface area contributed by atoms with Crippen molar-refractivity contribution < 1.29 is 32.8 Å². The lowest BCUT2D eigenvalue weighted by atomic mass is 10.1. The van der Waals surface area contributed by atoms with Gasteiger partial charge in [-0.3, -0.25) is 0 Å². The minimum atomic E-state index is -0.952. The molecular weight excluding hydrogens is 476 g/mol. The SMILES string of the molecule is CC.COc1cc(/C=C\c2ccc(O)c(OC)c2NSc2ccc(F)c(F)c2)cc(OC)c1OC. The normalized spacial score (nSPS) is 10.4. The fourth-order valence-corrected chi connectivity index (χ4v) is 3.80. The minimum Gasteiger partial charge on any atom is -0.504 e. The third-order valence-corrected chi connectivity index (χ3v) is 5.47. The van der Waals surface area contributed by atoms with Crippen LogP contribution < -0.4 is 23.7 Å². The number of ether oxygens (including phenoxy) is 4. The summed E-state index contributed by atoms with van der Waals surface area (Å²) in [5, 5.41) is 10.2. The van der Waals surface area contributed by atoms with Gasteiger partial charge < -0.3 is 28.8 Å². The quantitative estimate of drug-likeness (QED) is 0.239. The third kappa shape index (κ3) is 6.73. The highest BCUT2D eigenvalue weighted by molar-refractivity contribution is 8.00. The van der Waals surface area contributed by atoms with Gasteiger partial charge in [0.1, 0.15) is 0 Å². The zero-order valence-corrected chi connectivity index (χ0v) is 21.3. The van der Waals surface area contributed by atoms with Crippen LogP contribution in [-0.4, -0.2) is 33.5 Å². The maximum Gasteiger partial charge on any atom is 0.203 e. The average Bonchev–Trinajstić information content (AvgIpc) is 2.89. The van der Waals surface area contributed by atoms with Gasteiger partial charge in [-0.15, -0.1) is 0 Å². The predicted octanol–water partition coefficient (Wildman–Crippen LogP) is 7.02. The first-order valence-corrected chi connectivity index (χ1v) is 11.5. The number of rotatable bonds is 9. The molecule has 0 aromatic heterocycles.